The molecule has 4 aliphatic carbocycles. The average molecular weight is 403 g/mol. The summed E-state index contributed by atoms with van der Waals surface area (Å²) in [6, 6.07) is 0. The minimum Gasteiger partial charge on any atom is -0.384 e. The summed E-state index contributed by atoms with van der Waals surface area (Å²) in [5.41, 5.74) is 0.615. The van der Waals surface area contributed by atoms with E-state index in [1.807, 2.05) is 0 Å². The van der Waals surface area contributed by atoms with Crippen LogP contribution in [-0.4, -0.2) is 25.8 Å². The molecule has 0 aromatic heterocycles. The monoisotopic (exact) mass is 402 g/mol. The molecule has 0 spiro atoms. The van der Waals surface area contributed by atoms with E-state index in [0.29, 0.717) is 47.4 Å². The molecule has 4 rings (SSSR count). The molecule has 29 heavy (non-hydrogen) atoms. The summed E-state index contributed by atoms with van der Waals surface area (Å²) in [6.07, 6.45) is 13.1. The van der Waals surface area contributed by atoms with Crippen LogP contribution in [0, 0.1) is 52.3 Å². The fourth-order valence-electron chi connectivity index (χ4n) is 9.09. The highest BCUT2D eigenvalue weighted by atomic mass is 16.5. The van der Waals surface area contributed by atoms with Crippen molar-refractivity contribution in [3.63, 3.8) is 0 Å². The summed E-state index contributed by atoms with van der Waals surface area (Å²) < 4.78 is 5.27. The van der Waals surface area contributed by atoms with Crippen LogP contribution in [0.5, 0.6) is 0 Å². The van der Waals surface area contributed by atoms with Crippen LogP contribution in [-0.2, 0) is 14.3 Å². The van der Waals surface area contributed by atoms with E-state index in [9.17, 15) is 9.59 Å². The molecule has 164 valence electrons. The molecule has 1 unspecified atom stereocenters. The molecule has 4 aliphatic rings. The van der Waals surface area contributed by atoms with E-state index in [0.717, 1.165) is 31.5 Å². The Kier molecular flexibility index (Phi) is 6.01. The van der Waals surface area contributed by atoms with Gasteiger partial charge in [-0.2, -0.15) is 0 Å². The number of fused-ring (bicyclic) bond motifs is 5. The topological polar surface area (TPSA) is 43.4 Å². The van der Waals surface area contributed by atoms with Crippen LogP contribution in [0.3, 0.4) is 0 Å². The van der Waals surface area contributed by atoms with Crippen molar-refractivity contribution in [1.82, 2.24) is 0 Å². The maximum Gasteiger partial charge on any atom is 0.136 e. The van der Waals surface area contributed by atoms with E-state index in [-0.39, 0.29) is 11.3 Å². The molecule has 0 radical (unpaired) electrons. The number of ether oxygens (including phenoxy) is 1. The highest BCUT2D eigenvalue weighted by Crippen LogP contribution is 2.67. The van der Waals surface area contributed by atoms with E-state index in [2.05, 4.69) is 20.8 Å². The van der Waals surface area contributed by atoms with E-state index in [1.54, 1.807) is 7.11 Å². The second-order valence-electron chi connectivity index (χ2n) is 11.6. The van der Waals surface area contributed by atoms with Crippen LogP contribution in [0.2, 0.25) is 0 Å². The molecule has 4 saturated carbocycles. The lowest BCUT2D eigenvalue weighted by molar-refractivity contribution is -0.154. The number of ketones is 1. The van der Waals surface area contributed by atoms with E-state index < -0.39 is 0 Å². The largest absolute Gasteiger partial charge is 0.384 e. The normalized spacial score (nSPS) is 46.3. The maximum atomic E-state index is 13.2. The van der Waals surface area contributed by atoms with Gasteiger partial charge in [0.05, 0.1) is 6.61 Å². The zero-order valence-corrected chi connectivity index (χ0v) is 19.1. The van der Waals surface area contributed by atoms with Crippen LogP contribution in [0.4, 0.5) is 0 Å². The predicted octanol–water partition coefficient (Wildman–Crippen LogP) is 5.70. The second-order valence-corrected chi connectivity index (χ2v) is 11.6. The van der Waals surface area contributed by atoms with Gasteiger partial charge in [-0.05, 0) is 85.4 Å². The Balaban J connectivity index is 1.53. The number of hydrogen-bond acceptors (Lipinski definition) is 3. The number of aldehydes is 1. The van der Waals surface area contributed by atoms with Crippen molar-refractivity contribution >= 4 is 12.1 Å². The molecule has 4 fully saturated rings. The number of carbonyl (C=O) groups is 2. The summed E-state index contributed by atoms with van der Waals surface area (Å²) in [5.74, 6) is 4.26. The Hall–Kier alpha value is -0.700. The van der Waals surface area contributed by atoms with Crippen molar-refractivity contribution in [2.24, 2.45) is 52.3 Å². The third-order valence-corrected chi connectivity index (χ3v) is 10.4. The lowest BCUT2D eigenvalue weighted by Gasteiger charge is -2.60. The quantitative estimate of drug-likeness (QED) is 0.535. The number of hydrogen-bond donors (Lipinski definition) is 0. The standard InChI is InChI=1S/C26H42O3/c1-17(13-18(15-27)16-29-4)20-8-9-21-19-14-24(28)23-7-5-6-11-25(23,2)22(19)10-12-26(20,21)3/h15,17-23H,5-14,16H2,1-4H3/t17-,18?,19+,20-,21+,22+,23-,25-,26-/m1/s1. The summed E-state index contributed by atoms with van der Waals surface area (Å²) in [6.45, 7) is 7.91. The number of methoxy groups -OCH3 is 1. The van der Waals surface area contributed by atoms with E-state index in [1.165, 1.54) is 44.9 Å². The highest BCUT2D eigenvalue weighted by Gasteiger charge is 2.61. The average Bonchev–Trinajstić information content (AvgIpc) is 3.05. The Bertz CT molecular complexity index is 629. The van der Waals surface area contributed by atoms with Gasteiger partial charge >= 0.3 is 0 Å². The highest BCUT2D eigenvalue weighted by molar-refractivity contribution is 5.83. The van der Waals surface area contributed by atoms with Gasteiger partial charge in [0.2, 0.25) is 0 Å². The molecule has 0 saturated heterocycles. The first-order chi connectivity index (χ1) is 13.8. The molecule has 0 N–H and O–H groups in total. The maximum absolute atomic E-state index is 13.2. The van der Waals surface area contributed by atoms with Crippen molar-refractivity contribution < 1.29 is 14.3 Å². The van der Waals surface area contributed by atoms with Crippen molar-refractivity contribution in [3.05, 3.63) is 0 Å². The minimum absolute atomic E-state index is 0.0205. The van der Waals surface area contributed by atoms with Gasteiger partial charge in [-0.3, -0.25) is 4.79 Å². The van der Waals surface area contributed by atoms with Crippen molar-refractivity contribution in [3.8, 4) is 0 Å². The molecule has 3 nitrogen and oxygen atoms in total. The molecule has 0 aromatic carbocycles. The van der Waals surface area contributed by atoms with Crippen LogP contribution >= 0.6 is 0 Å². The molecular formula is C26H42O3. The number of carbonyl (C=O) groups excluding carboxylic acids is 2. The van der Waals surface area contributed by atoms with Crippen LogP contribution in [0.1, 0.15) is 85.0 Å². The minimum atomic E-state index is 0.0205. The van der Waals surface area contributed by atoms with Gasteiger partial charge in [-0.25, -0.2) is 0 Å². The summed E-state index contributed by atoms with van der Waals surface area (Å²) >= 11 is 0. The van der Waals surface area contributed by atoms with Gasteiger partial charge in [-0.15, -0.1) is 0 Å². The molecule has 9 atom stereocenters. The van der Waals surface area contributed by atoms with Gasteiger partial charge in [-0.1, -0.05) is 33.6 Å². The summed E-state index contributed by atoms with van der Waals surface area (Å²) in [4.78, 5) is 24.7. The SMILES string of the molecule is COCC(C=O)C[C@@H](C)[C@H]1CC[C@H]2[C@@H]3CC(=O)[C@H]4CCCC[C@]4(C)[C@H]3CC[C@]12C. The molecule has 0 heterocycles. The Morgan fingerprint density at radius 3 is 2.55 bits per heavy atom. The molecule has 0 amide bonds. The van der Waals surface area contributed by atoms with Crippen molar-refractivity contribution in [2.75, 3.05) is 13.7 Å². The Morgan fingerprint density at radius 1 is 1.07 bits per heavy atom. The number of rotatable bonds is 6. The summed E-state index contributed by atoms with van der Waals surface area (Å²) in [7, 11) is 1.69. The van der Waals surface area contributed by atoms with Crippen LogP contribution in [0.15, 0.2) is 0 Å². The first-order valence-electron chi connectivity index (χ1n) is 12.3. The Labute approximate surface area is 177 Å². The van der Waals surface area contributed by atoms with Gasteiger partial charge in [0.25, 0.3) is 0 Å². The lowest BCUT2D eigenvalue weighted by atomic mass is 9.44. The van der Waals surface area contributed by atoms with E-state index in [4.69, 9.17) is 4.74 Å². The fraction of sp³-hybridized carbons (Fsp3) is 0.923. The predicted molar refractivity (Wildman–Crippen MR) is 115 cm³/mol. The van der Waals surface area contributed by atoms with Crippen LogP contribution in [0.25, 0.3) is 0 Å². The first-order valence-corrected chi connectivity index (χ1v) is 12.3. The lowest BCUT2D eigenvalue weighted by Crippen LogP contribution is -2.56. The van der Waals surface area contributed by atoms with Crippen LogP contribution < -0.4 is 0 Å². The van der Waals surface area contributed by atoms with Gasteiger partial charge in [0.15, 0.2) is 0 Å². The molecule has 0 aromatic rings. The van der Waals surface area contributed by atoms with Crippen molar-refractivity contribution in [2.45, 2.75) is 85.0 Å². The van der Waals surface area contributed by atoms with Crippen molar-refractivity contribution in [1.29, 1.82) is 0 Å². The number of Topliss-reactive ketones (excluding diaryl/α,β-unsaturated/α-hetero) is 1. The smallest absolute Gasteiger partial charge is 0.136 e. The molecular weight excluding hydrogens is 360 g/mol. The zero-order chi connectivity index (χ0) is 20.8. The second kappa shape index (κ2) is 8.09. The van der Waals surface area contributed by atoms with Gasteiger partial charge in [0, 0.05) is 25.4 Å². The fourth-order valence-corrected chi connectivity index (χ4v) is 9.09. The summed E-state index contributed by atoms with van der Waals surface area (Å²) in [5, 5.41) is 0. The van der Waals surface area contributed by atoms with Gasteiger partial charge in [0.1, 0.15) is 12.1 Å². The zero-order valence-electron chi connectivity index (χ0n) is 19.1. The molecule has 0 bridgehead atoms. The molecule has 3 heteroatoms. The molecule has 0 aliphatic heterocycles. The third kappa shape index (κ3) is 3.44. The third-order valence-electron chi connectivity index (χ3n) is 10.4. The first kappa shape index (κ1) is 21.5. The Morgan fingerprint density at radius 2 is 1.83 bits per heavy atom. The van der Waals surface area contributed by atoms with Gasteiger partial charge < -0.3 is 9.53 Å². The van der Waals surface area contributed by atoms with E-state index >= 15 is 0 Å².